The molecule has 0 spiro atoms. The summed E-state index contributed by atoms with van der Waals surface area (Å²) in [5, 5.41) is 12.7. The first-order valence-electron chi connectivity index (χ1n) is 33.3. The van der Waals surface area contributed by atoms with Crippen molar-refractivity contribution in [3.8, 4) is 11.1 Å². The Morgan fingerprint density at radius 2 is 1.02 bits per heavy atom. The molecule has 0 saturated carbocycles. The highest BCUT2D eigenvalue weighted by Crippen LogP contribution is 2.62. The van der Waals surface area contributed by atoms with Gasteiger partial charge in [-0.25, -0.2) is 0 Å². The van der Waals surface area contributed by atoms with Crippen molar-refractivity contribution in [2.75, 3.05) is 16.8 Å². The van der Waals surface area contributed by atoms with Crippen molar-refractivity contribution in [3.63, 3.8) is 0 Å². The smallest absolute Gasteiger partial charge is 0.0465 e. The summed E-state index contributed by atoms with van der Waals surface area (Å²) in [5.74, 6) is 0.594. The number of unbranched alkanes of at least 4 members (excludes halogenated alkanes) is 12. The maximum absolute atomic E-state index is 9.20. The molecule has 3 aliphatic rings. The molecule has 6 aromatic rings. The minimum Gasteiger partial charge on any atom is -0.396 e. The monoisotopic (exact) mass is 1120 g/mol. The summed E-state index contributed by atoms with van der Waals surface area (Å²) >= 11 is 0. The molecule has 0 radical (unpaired) electrons. The summed E-state index contributed by atoms with van der Waals surface area (Å²) in [6.07, 6.45) is 33.2. The fraction of sp³-hybridized carbons (Fsp3) is 0.457. The average Bonchev–Trinajstić information content (AvgIpc) is 1.66. The maximum Gasteiger partial charge on any atom is 0.0465 e. The van der Waals surface area contributed by atoms with Gasteiger partial charge in [0.1, 0.15) is 0 Å². The number of hydrogen-bond donors (Lipinski definition) is 2. The molecule has 0 aliphatic heterocycles. The Balaban J connectivity index is 0.000000247. The lowest BCUT2D eigenvalue weighted by atomic mass is 9.63. The van der Waals surface area contributed by atoms with Crippen LogP contribution in [0, 0.1) is 11.3 Å². The predicted octanol–water partition coefficient (Wildman–Crippen LogP) is 24.2. The van der Waals surface area contributed by atoms with Gasteiger partial charge in [-0.2, -0.15) is 0 Å². The standard InChI is InChI=1S/C50H56N2.C31H50O/c1-5-7-9-17-34-50(35-18-10-8-6-2)47-37-44(31-32-45(47)46-33-36-49(3,4)48(46)50)52(42-21-15-12-16-22-42)43-29-25-39(26-30-43)38-23-27-41(28-24-38)51-40-19-13-11-14-20-40;1-8-11-12-15-20-31(21-16-13-14-17-22-32)28(10-3)26(9-2)27-19-18-25(23-29(27)31)30(6,7)24(4)5/h11-16,19-33,36-37,51H,5-10,17-18,34-35H2,1-4H3;9,18-19,23-24,32H,2,8,10-17,20-22H2,1,3-7H3. The van der Waals surface area contributed by atoms with Crippen molar-refractivity contribution in [2.45, 2.75) is 220 Å². The van der Waals surface area contributed by atoms with Crippen LogP contribution in [0.5, 0.6) is 0 Å². The van der Waals surface area contributed by atoms with Gasteiger partial charge in [-0.1, -0.05) is 281 Å². The molecule has 446 valence electrons. The van der Waals surface area contributed by atoms with E-state index >= 15 is 0 Å². The van der Waals surface area contributed by atoms with Crippen LogP contribution in [0.1, 0.15) is 232 Å². The van der Waals surface area contributed by atoms with Crippen molar-refractivity contribution < 1.29 is 5.11 Å². The average molecular weight is 1120 g/mol. The molecule has 0 amide bonds. The van der Waals surface area contributed by atoms with Crippen LogP contribution in [-0.2, 0) is 16.2 Å². The van der Waals surface area contributed by atoms with E-state index in [0.717, 1.165) is 30.6 Å². The fourth-order valence-corrected chi connectivity index (χ4v) is 14.6. The molecular weight excluding hydrogens is 1020 g/mol. The van der Waals surface area contributed by atoms with E-state index in [2.05, 4.69) is 244 Å². The zero-order chi connectivity index (χ0) is 59.7. The van der Waals surface area contributed by atoms with Crippen LogP contribution in [0.15, 0.2) is 182 Å². The highest BCUT2D eigenvalue weighted by atomic mass is 16.2. The second kappa shape index (κ2) is 29.8. The Morgan fingerprint density at radius 3 is 1.57 bits per heavy atom. The highest BCUT2D eigenvalue weighted by Gasteiger charge is 2.50. The molecule has 3 aliphatic carbocycles. The Kier molecular flexibility index (Phi) is 22.6. The second-order valence-electron chi connectivity index (χ2n) is 26.4. The van der Waals surface area contributed by atoms with Gasteiger partial charge in [-0.05, 0) is 166 Å². The summed E-state index contributed by atoms with van der Waals surface area (Å²) in [7, 11) is 0. The van der Waals surface area contributed by atoms with Crippen molar-refractivity contribution in [3.05, 3.63) is 209 Å². The number of aliphatic hydroxyl groups excluding tert-OH is 1. The molecule has 0 fully saturated rings. The normalized spacial score (nSPS) is 16.4. The van der Waals surface area contributed by atoms with Crippen LogP contribution in [0.25, 0.3) is 22.3 Å². The van der Waals surface area contributed by atoms with Crippen molar-refractivity contribution >= 4 is 39.6 Å². The molecule has 0 heterocycles. The van der Waals surface area contributed by atoms with Crippen molar-refractivity contribution in [1.29, 1.82) is 0 Å². The number of rotatable bonds is 31. The molecule has 3 nitrogen and oxygen atoms in total. The topological polar surface area (TPSA) is 35.5 Å². The molecule has 2 N–H and O–H groups in total. The molecular formula is C81H106N2O. The van der Waals surface area contributed by atoms with Gasteiger partial charge in [-0.3, -0.25) is 0 Å². The minimum absolute atomic E-state index is 0.0643. The number of fused-ring (bicyclic) bond motifs is 3. The van der Waals surface area contributed by atoms with E-state index in [9.17, 15) is 5.11 Å². The third-order valence-corrected chi connectivity index (χ3v) is 19.9. The third-order valence-electron chi connectivity index (χ3n) is 19.9. The van der Waals surface area contributed by atoms with Crippen LogP contribution in [0.2, 0.25) is 0 Å². The minimum atomic E-state index is 0.0643. The molecule has 9 rings (SSSR count). The molecule has 6 aromatic carbocycles. The van der Waals surface area contributed by atoms with Crippen molar-refractivity contribution in [2.24, 2.45) is 11.3 Å². The Morgan fingerprint density at radius 1 is 0.536 bits per heavy atom. The lowest BCUT2D eigenvalue weighted by Crippen LogP contribution is -2.33. The third kappa shape index (κ3) is 14.2. The van der Waals surface area contributed by atoms with Crippen molar-refractivity contribution in [1.82, 2.24) is 0 Å². The van der Waals surface area contributed by atoms with Gasteiger partial charge in [0.05, 0.1) is 0 Å². The molecule has 1 atom stereocenters. The molecule has 84 heavy (non-hydrogen) atoms. The number of hydrogen-bond acceptors (Lipinski definition) is 3. The zero-order valence-corrected chi connectivity index (χ0v) is 53.8. The first-order valence-corrected chi connectivity index (χ1v) is 33.3. The number of allylic oxidation sites excluding steroid dienone is 7. The molecule has 0 bridgehead atoms. The van der Waals surface area contributed by atoms with Gasteiger partial charge >= 0.3 is 0 Å². The lowest BCUT2D eigenvalue weighted by Gasteiger charge is -2.40. The predicted molar refractivity (Wildman–Crippen MR) is 368 cm³/mol. The van der Waals surface area contributed by atoms with E-state index in [-0.39, 0.29) is 21.7 Å². The van der Waals surface area contributed by atoms with Crippen LogP contribution in [0.4, 0.5) is 28.4 Å². The second-order valence-corrected chi connectivity index (χ2v) is 26.4. The van der Waals surface area contributed by atoms with Gasteiger partial charge < -0.3 is 15.3 Å². The van der Waals surface area contributed by atoms with Crippen LogP contribution in [-0.4, -0.2) is 11.7 Å². The lowest BCUT2D eigenvalue weighted by molar-refractivity contribution is 0.280. The largest absolute Gasteiger partial charge is 0.396 e. The number of nitrogens with one attached hydrogen (secondary N) is 1. The van der Waals surface area contributed by atoms with E-state index < -0.39 is 0 Å². The van der Waals surface area contributed by atoms with E-state index in [1.165, 1.54) is 172 Å². The molecule has 3 heteroatoms. The van der Waals surface area contributed by atoms with Gasteiger partial charge in [0.2, 0.25) is 0 Å². The first-order chi connectivity index (χ1) is 40.7. The van der Waals surface area contributed by atoms with Crippen LogP contribution >= 0.6 is 0 Å². The molecule has 1 unspecified atom stereocenters. The Hall–Kier alpha value is -6.16. The zero-order valence-electron chi connectivity index (χ0n) is 53.8. The quantitative estimate of drug-likeness (QED) is 0.0426. The SMILES string of the molecule is C=CC1=C(CC)C(CCCCCC)(CCCCCCO)c2cc(C(C)(C)C(C)C)ccc21.CCCCCCC1(CCCCCC)C2=C(C=CC2(C)C)c2ccc(N(c3ccccc3)c3ccc(-c4ccc(Nc5ccccc5)cc4)cc3)cc21. The van der Waals surface area contributed by atoms with Gasteiger partial charge in [0, 0.05) is 51.3 Å². The first kappa shape index (κ1) is 63.9. The highest BCUT2D eigenvalue weighted by molar-refractivity contribution is 5.92. The summed E-state index contributed by atoms with van der Waals surface area (Å²) in [6, 6.07) is 53.9. The Bertz CT molecular complexity index is 3120. The van der Waals surface area contributed by atoms with Gasteiger partial charge in [0.15, 0.2) is 0 Å². The number of aliphatic hydroxyl groups is 1. The summed E-state index contributed by atoms with van der Waals surface area (Å²) < 4.78 is 0. The maximum atomic E-state index is 9.20. The Labute approximate surface area is 510 Å². The molecule has 0 aromatic heterocycles. The van der Waals surface area contributed by atoms with Gasteiger partial charge in [-0.15, -0.1) is 0 Å². The van der Waals surface area contributed by atoms with E-state index in [0.29, 0.717) is 12.5 Å². The summed E-state index contributed by atoms with van der Waals surface area (Å²) in [4.78, 5) is 2.46. The number of benzene rings is 6. The summed E-state index contributed by atoms with van der Waals surface area (Å²) in [5.41, 5.74) is 22.4. The van der Waals surface area contributed by atoms with E-state index in [1.54, 1.807) is 22.3 Å². The molecule has 0 saturated heterocycles. The number of para-hydroxylation sites is 2. The summed E-state index contributed by atoms with van der Waals surface area (Å²) in [6.45, 7) is 28.3. The van der Waals surface area contributed by atoms with E-state index in [4.69, 9.17) is 0 Å². The number of nitrogens with zero attached hydrogens (tertiary/aromatic N) is 1. The van der Waals surface area contributed by atoms with Crippen LogP contribution in [0.3, 0.4) is 0 Å². The van der Waals surface area contributed by atoms with E-state index in [1.807, 2.05) is 6.07 Å². The number of anilines is 5. The van der Waals surface area contributed by atoms with Crippen LogP contribution < -0.4 is 10.2 Å². The fourth-order valence-electron chi connectivity index (χ4n) is 14.6. The van der Waals surface area contributed by atoms with Gasteiger partial charge in [0.25, 0.3) is 0 Å².